The fraction of sp³-hybridized carbons (Fsp3) is 0.0588. The van der Waals surface area contributed by atoms with Gasteiger partial charge in [-0.2, -0.15) is 0 Å². The van der Waals surface area contributed by atoms with E-state index in [1.165, 1.54) is 0 Å². The number of hydrogen-bond acceptors (Lipinski definition) is 3. The average Bonchev–Trinajstić information content (AvgIpc) is 2.56. The lowest BCUT2D eigenvalue weighted by atomic mass is 9.94. The van der Waals surface area contributed by atoms with Crippen LogP contribution in [-0.2, 0) is 6.61 Å². The van der Waals surface area contributed by atoms with E-state index in [1.54, 1.807) is 24.8 Å². The van der Waals surface area contributed by atoms with Gasteiger partial charge in [-0.25, -0.2) is 0 Å². The summed E-state index contributed by atoms with van der Waals surface area (Å²) in [5.74, 6) is 0. The van der Waals surface area contributed by atoms with E-state index in [0.717, 1.165) is 27.8 Å². The Morgan fingerprint density at radius 1 is 0.700 bits per heavy atom. The van der Waals surface area contributed by atoms with Gasteiger partial charge in [0.15, 0.2) is 0 Å². The molecule has 0 spiro atoms. The van der Waals surface area contributed by atoms with Crippen LogP contribution in [0, 0.1) is 0 Å². The van der Waals surface area contributed by atoms with Crippen molar-refractivity contribution in [1.82, 2.24) is 9.97 Å². The van der Waals surface area contributed by atoms with E-state index < -0.39 is 0 Å². The quantitative estimate of drug-likeness (QED) is 0.787. The van der Waals surface area contributed by atoms with Gasteiger partial charge in [-0.3, -0.25) is 9.97 Å². The molecule has 0 fully saturated rings. The average molecular weight is 262 g/mol. The van der Waals surface area contributed by atoms with Crippen LogP contribution in [0.25, 0.3) is 22.3 Å². The first kappa shape index (κ1) is 12.5. The first-order chi connectivity index (χ1) is 9.88. The molecule has 2 aromatic heterocycles. The third-order valence-electron chi connectivity index (χ3n) is 3.25. The molecule has 0 amide bonds. The van der Waals surface area contributed by atoms with E-state index in [4.69, 9.17) is 0 Å². The second kappa shape index (κ2) is 5.63. The highest BCUT2D eigenvalue weighted by molar-refractivity contribution is 5.83. The molecule has 20 heavy (non-hydrogen) atoms. The van der Waals surface area contributed by atoms with Crippen LogP contribution in [0.4, 0.5) is 0 Å². The lowest BCUT2D eigenvalue weighted by Gasteiger charge is -2.11. The van der Waals surface area contributed by atoms with Gasteiger partial charge in [0.2, 0.25) is 0 Å². The monoisotopic (exact) mass is 262 g/mol. The Morgan fingerprint density at radius 2 is 1.25 bits per heavy atom. The molecule has 3 nitrogen and oxygen atoms in total. The fourth-order valence-corrected chi connectivity index (χ4v) is 2.24. The number of aromatic nitrogens is 2. The maximum Gasteiger partial charge on any atom is 0.0682 e. The minimum absolute atomic E-state index is 0.0364. The van der Waals surface area contributed by atoms with Gasteiger partial charge in [0, 0.05) is 24.8 Å². The zero-order valence-corrected chi connectivity index (χ0v) is 10.9. The summed E-state index contributed by atoms with van der Waals surface area (Å²) in [5.41, 5.74) is 5.30. The molecule has 98 valence electrons. The molecule has 3 rings (SSSR count). The summed E-state index contributed by atoms with van der Waals surface area (Å²) in [4.78, 5) is 8.11. The number of pyridine rings is 2. The first-order valence-electron chi connectivity index (χ1n) is 6.43. The van der Waals surface area contributed by atoms with Crippen LogP contribution >= 0.6 is 0 Å². The van der Waals surface area contributed by atoms with E-state index in [2.05, 4.69) is 9.97 Å². The maximum absolute atomic E-state index is 9.35. The zero-order valence-electron chi connectivity index (χ0n) is 10.9. The molecule has 0 aliphatic heterocycles. The normalized spacial score (nSPS) is 10.4. The molecule has 3 aromatic rings. The maximum atomic E-state index is 9.35. The lowest BCUT2D eigenvalue weighted by molar-refractivity contribution is 0.282. The van der Waals surface area contributed by atoms with E-state index in [9.17, 15) is 5.11 Å². The second-order valence-corrected chi connectivity index (χ2v) is 4.51. The Hall–Kier alpha value is -2.52. The van der Waals surface area contributed by atoms with Gasteiger partial charge < -0.3 is 5.11 Å². The highest BCUT2D eigenvalue weighted by atomic mass is 16.3. The van der Waals surface area contributed by atoms with Crippen molar-refractivity contribution in [2.75, 3.05) is 0 Å². The minimum atomic E-state index is 0.0364. The van der Waals surface area contributed by atoms with Gasteiger partial charge in [0.1, 0.15) is 0 Å². The van der Waals surface area contributed by atoms with Crippen molar-refractivity contribution in [2.24, 2.45) is 0 Å². The summed E-state index contributed by atoms with van der Waals surface area (Å²) < 4.78 is 0. The molecule has 0 radical (unpaired) electrons. The fourth-order valence-electron chi connectivity index (χ4n) is 2.24. The largest absolute Gasteiger partial charge is 0.392 e. The summed E-state index contributed by atoms with van der Waals surface area (Å²) in [5, 5.41) is 9.35. The number of rotatable bonds is 3. The van der Waals surface area contributed by atoms with Crippen molar-refractivity contribution < 1.29 is 5.11 Å². The van der Waals surface area contributed by atoms with E-state index in [1.807, 2.05) is 42.5 Å². The number of aliphatic hydroxyl groups is 1. The van der Waals surface area contributed by atoms with E-state index in [-0.39, 0.29) is 6.61 Å². The van der Waals surface area contributed by atoms with Crippen molar-refractivity contribution in [3.63, 3.8) is 0 Å². The minimum Gasteiger partial charge on any atom is -0.392 e. The summed E-state index contributed by atoms with van der Waals surface area (Å²) in [6.45, 7) is 0.0364. The Bertz CT molecular complexity index is 697. The summed E-state index contributed by atoms with van der Waals surface area (Å²) in [7, 11) is 0. The third kappa shape index (κ3) is 2.44. The van der Waals surface area contributed by atoms with Crippen LogP contribution in [-0.4, -0.2) is 15.1 Å². The van der Waals surface area contributed by atoms with Crippen molar-refractivity contribution in [1.29, 1.82) is 0 Å². The highest BCUT2D eigenvalue weighted by Gasteiger charge is 2.08. The molecular weight excluding hydrogens is 248 g/mol. The summed E-state index contributed by atoms with van der Waals surface area (Å²) in [6.07, 6.45) is 7.12. The van der Waals surface area contributed by atoms with Crippen molar-refractivity contribution >= 4 is 0 Å². The molecule has 0 unspecified atom stereocenters. The van der Waals surface area contributed by atoms with Crippen LogP contribution in [0.5, 0.6) is 0 Å². The van der Waals surface area contributed by atoms with Crippen LogP contribution in [0.1, 0.15) is 5.56 Å². The molecule has 3 heteroatoms. The van der Waals surface area contributed by atoms with Crippen LogP contribution in [0.3, 0.4) is 0 Å². The smallest absolute Gasteiger partial charge is 0.0682 e. The molecular formula is C17H14N2O. The van der Waals surface area contributed by atoms with Gasteiger partial charge in [-0.05, 0) is 58.1 Å². The zero-order chi connectivity index (χ0) is 13.8. The van der Waals surface area contributed by atoms with Gasteiger partial charge in [0.25, 0.3) is 0 Å². The lowest BCUT2D eigenvalue weighted by Crippen LogP contribution is -1.90. The van der Waals surface area contributed by atoms with Crippen LogP contribution in [0.2, 0.25) is 0 Å². The molecule has 1 N–H and O–H groups in total. The Balaban J connectivity index is 2.20. The number of nitrogens with zero attached hydrogens (tertiary/aromatic N) is 2. The summed E-state index contributed by atoms with van der Waals surface area (Å²) >= 11 is 0. The molecule has 0 aliphatic carbocycles. The van der Waals surface area contributed by atoms with Gasteiger partial charge in [-0.15, -0.1) is 0 Å². The Morgan fingerprint density at radius 3 is 1.80 bits per heavy atom. The van der Waals surface area contributed by atoms with Crippen LogP contribution < -0.4 is 0 Å². The highest BCUT2D eigenvalue weighted by Crippen LogP contribution is 2.32. The van der Waals surface area contributed by atoms with Gasteiger partial charge in [-0.1, -0.05) is 12.1 Å². The Labute approximate surface area is 117 Å². The molecule has 0 atom stereocenters. The molecule has 2 heterocycles. The van der Waals surface area contributed by atoms with E-state index in [0.29, 0.717) is 0 Å². The standard InChI is InChI=1S/C17H14N2O/c20-12-13-1-2-16(14-3-7-18-8-4-14)17(11-13)15-5-9-19-10-6-15/h1-11,20H,12H2. The number of hydrogen-bond donors (Lipinski definition) is 1. The second-order valence-electron chi connectivity index (χ2n) is 4.51. The Kier molecular flexibility index (Phi) is 3.52. The predicted molar refractivity (Wildman–Crippen MR) is 78.8 cm³/mol. The topological polar surface area (TPSA) is 46.0 Å². The number of benzene rings is 1. The molecule has 0 bridgehead atoms. The molecule has 0 saturated carbocycles. The molecule has 1 aromatic carbocycles. The third-order valence-corrected chi connectivity index (χ3v) is 3.25. The molecule has 0 aliphatic rings. The SMILES string of the molecule is OCc1ccc(-c2ccncc2)c(-c2ccncc2)c1. The van der Waals surface area contributed by atoms with Crippen LogP contribution in [0.15, 0.2) is 67.3 Å². The van der Waals surface area contributed by atoms with Gasteiger partial charge >= 0.3 is 0 Å². The first-order valence-corrected chi connectivity index (χ1v) is 6.43. The summed E-state index contributed by atoms with van der Waals surface area (Å²) in [6, 6.07) is 13.9. The van der Waals surface area contributed by atoms with E-state index >= 15 is 0 Å². The van der Waals surface area contributed by atoms with Crippen molar-refractivity contribution in [3.8, 4) is 22.3 Å². The molecule has 0 saturated heterocycles. The van der Waals surface area contributed by atoms with Crippen molar-refractivity contribution in [2.45, 2.75) is 6.61 Å². The van der Waals surface area contributed by atoms with Crippen molar-refractivity contribution in [3.05, 3.63) is 72.8 Å². The predicted octanol–water partition coefficient (Wildman–Crippen LogP) is 3.30. The number of aliphatic hydroxyl groups excluding tert-OH is 1. The van der Waals surface area contributed by atoms with Gasteiger partial charge in [0.05, 0.1) is 6.61 Å².